The number of nitrogens with zero attached hydrogens (tertiary/aromatic N) is 4. The van der Waals surface area contributed by atoms with Crippen molar-refractivity contribution >= 4 is 50.0 Å². The van der Waals surface area contributed by atoms with E-state index in [1.165, 1.54) is 34.3 Å². The molecule has 1 amide bonds. The van der Waals surface area contributed by atoms with Crippen LogP contribution in [-0.2, 0) is 11.3 Å². The van der Waals surface area contributed by atoms with Crippen LogP contribution in [0, 0.1) is 5.82 Å². The van der Waals surface area contributed by atoms with Crippen LogP contribution in [0.25, 0.3) is 21.8 Å². The average molecular weight is 474 g/mol. The summed E-state index contributed by atoms with van der Waals surface area (Å²) in [6.07, 6.45) is 3.66. The number of rotatable bonds is 5. The lowest BCUT2D eigenvalue weighted by molar-refractivity contribution is -0.116. The van der Waals surface area contributed by atoms with Gasteiger partial charge in [0.25, 0.3) is 0 Å². The number of amides is 1. The molecular formula is C21H17ClFN5O3S. The summed E-state index contributed by atoms with van der Waals surface area (Å²) < 4.78 is 20.1. The summed E-state index contributed by atoms with van der Waals surface area (Å²) in [5.74, 6) is -0.623. The second-order valence-corrected chi connectivity index (χ2v) is 8.69. The fraction of sp³-hybridized carbons (Fsp3) is 0.238. The van der Waals surface area contributed by atoms with Crippen LogP contribution in [-0.4, -0.2) is 33.5 Å². The summed E-state index contributed by atoms with van der Waals surface area (Å²) in [5.41, 5.74) is 0.587. The van der Waals surface area contributed by atoms with Crippen LogP contribution in [0.1, 0.15) is 12.8 Å². The van der Waals surface area contributed by atoms with Crippen molar-refractivity contribution in [1.29, 1.82) is 0 Å². The van der Waals surface area contributed by atoms with Crippen molar-refractivity contribution in [1.82, 2.24) is 14.5 Å². The molecule has 1 fully saturated rings. The van der Waals surface area contributed by atoms with Gasteiger partial charge in [0.1, 0.15) is 28.4 Å². The highest BCUT2D eigenvalue weighted by molar-refractivity contribution is 7.22. The standard InChI is InChI=1S/C21H17ClFN5O3S/c22-13-10-12(5-6-14(13)23)24-16(29)11-28-19-18(26-21(32-19)27-7-1-2-8-27)17(25-20(28)30)15-4-3-9-31-15/h3-6,9-10H,1-2,7-8,11H2,(H,24,29). The molecule has 3 aromatic heterocycles. The van der Waals surface area contributed by atoms with Gasteiger partial charge in [0, 0.05) is 18.8 Å². The Kier molecular flexibility index (Phi) is 5.40. The first-order valence-electron chi connectivity index (χ1n) is 9.95. The summed E-state index contributed by atoms with van der Waals surface area (Å²) in [7, 11) is 0. The summed E-state index contributed by atoms with van der Waals surface area (Å²) in [6.45, 7) is 1.50. The second kappa shape index (κ2) is 8.36. The molecule has 0 spiro atoms. The quantitative estimate of drug-likeness (QED) is 0.468. The first-order valence-corrected chi connectivity index (χ1v) is 11.1. The van der Waals surface area contributed by atoms with Crippen molar-refractivity contribution in [2.45, 2.75) is 19.4 Å². The number of hydrogen-bond acceptors (Lipinski definition) is 7. The second-order valence-electron chi connectivity index (χ2n) is 7.33. The van der Waals surface area contributed by atoms with Crippen LogP contribution in [0.4, 0.5) is 15.2 Å². The number of furan rings is 1. The first-order chi connectivity index (χ1) is 15.5. The van der Waals surface area contributed by atoms with E-state index in [2.05, 4.69) is 15.2 Å². The Bertz CT molecular complexity index is 1360. The Labute approximate surface area is 190 Å². The number of carbonyl (C=O) groups is 1. The van der Waals surface area contributed by atoms with E-state index in [1.54, 1.807) is 12.1 Å². The molecule has 0 radical (unpaired) electrons. The largest absolute Gasteiger partial charge is 0.463 e. The van der Waals surface area contributed by atoms with Gasteiger partial charge in [-0.15, -0.1) is 0 Å². The maximum atomic E-state index is 13.4. The van der Waals surface area contributed by atoms with Gasteiger partial charge in [-0.3, -0.25) is 9.36 Å². The van der Waals surface area contributed by atoms with Crippen molar-refractivity contribution < 1.29 is 13.6 Å². The smallest absolute Gasteiger partial charge is 0.349 e. The maximum Gasteiger partial charge on any atom is 0.349 e. The molecule has 0 bridgehead atoms. The van der Waals surface area contributed by atoms with Crippen LogP contribution in [0.3, 0.4) is 0 Å². The Balaban J connectivity index is 1.53. The van der Waals surface area contributed by atoms with Gasteiger partial charge in [0.2, 0.25) is 5.91 Å². The van der Waals surface area contributed by atoms with Crippen LogP contribution < -0.4 is 15.9 Å². The van der Waals surface area contributed by atoms with E-state index >= 15 is 0 Å². The molecular weight excluding hydrogens is 457 g/mol. The molecule has 5 rings (SSSR count). The minimum atomic E-state index is -0.590. The highest BCUT2D eigenvalue weighted by Gasteiger charge is 2.23. The summed E-state index contributed by atoms with van der Waals surface area (Å²) in [4.78, 5) is 37.1. The lowest BCUT2D eigenvalue weighted by Gasteiger charge is -2.11. The number of halogens is 2. The highest BCUT2D eigenvalue weighted by Crippen LogP contribution is 2.34. The molecule has 1 N–H and O–H groups in total. The first kappa shape index (κ1) is 20.7. The number of carbonyl (C=O) groups excluding carboxylic acids is 1. The van der Waals surface area contributed by atoms with Crippen molar-refractivity contribution in [3.05, 3.63) is 57.9 Å². The van der Waals surface area contributed by atoms with Gasteiger partial charge in [0.05, 0.1) is 11.3 Å². The average Bonchev–Trinajstić information content (AvgIpc) is 3.53. The van der Waals surface area contributed by atoms with Gasteiger partial charge in [-0.25, -0.2) is 14.2 Å². The van der Waals surface area contributed by atoms with Gasteiger partial charge >= 0.3 is 5.69 Å². The summed E-state index contributed by atoms with van der Waals surface area (Å²) >= 11 is 7.13. The molecule has 0 atom stereocenters. The predicted octanol–water partition coefficient (Wildman–Crippen LogP) is 4.14. The van der Waals surface area contributed by atoms with E-state index in [1.807, 2.05) is 0 Å². The van der Waals surface area contributed by atoms with Crippen LogP contribution in [0.15, 0.2) is 45.8 Å². The third kappa shape index (κ3) is 3.87. The minimum absolute atomic E-state index is 0.107. The van der Waals surface area contributed by atoms with Crippen molar-refractivity contribution in [3.63, 3.8) is 0 Å². The van der Waals surface area contributed by atoms with Gasteiger partial charge < -0.3 is 14.6 Å². The number of hydrogen-bond donors (Lipinski definition) is 1. The molecule has 1 aliphatic rings. The molecule has 0 unspecified atom stereocenters. The summed E-state index contributed by atoms with van der Waals surface area (Å²) in [5, 5.41) is 3.30. The van der Waals surface area contributed by atoms with E-state index in [-0.39, 0.29) is 11.6 Å². The van der Waals surface area contributed by atoms with E-state index < -0.39 is 17.4 Å². The molecule has 8 nitrogen and oxygen atoms in total. The van der Waals surface area contributed by atoms with Crippen LogP contribution in [0.2, 0.25) is 5.02 Å². The predicted molar refractivity (Wildman–Crippen MR) is 121 cm³/mol. The van der Waals surface area contributed by atoms with Crippen LogP contribution in [0.5, 0.6) is 0 Å². The monoisotopic (exact) mass is 473 g/mol. The van der Waals surface area contributed by atoms with Gasteiger partial charge in [0.15, 0.2) is 10.9 Å². The zero-order chi connectivity index (χ0) is 22.2. The Morgan fingerprint density at radius 1 is 1.25 bits per heavy atom. The van der Waals surface area contributed by atoms with Crippen LogP contribution >= 0.6 is 22.9 Å². The van der Waals surface area contributed by atoms with Gasteiger partial charge in [-0.2, -0.15) is 4.98 Å². The molecule has 164 valence electrons. The zero-order valence-electron chi connectivity index (χ0n) is 16.7. The maximum absolute atomic E-state index is 13.4. The number of thiazole rings is 1. The number of fused-ring (bicyclic) bond motifs is 1. The molecule has 32 heavy (non-hydrogen) atoms. The van der Waals surface area contributed by atoms with Crippen molar-refractivity contribution in [3.8, 4) is 11.5 Å². The lowest BCUT2D eigenvalue weighted by atomic mass is 10.3. The SMILES string of the molecule is O=C(Cn1c(=O)nc(-c2ccco2)c2nc(N3CCCC3)sc21)Nc1ccc(F)c(Cl)c1. The van der Waals surface area contributed by atoms with Gasteiger partial charge in [-0.05, 0) is 43.2 Å². The molecule has 1 aromatic carbocycles. The normalized spacial score (nSPS) is 13.8. The van der Waals surface area contributed by atoms with E-state index in [0.29, 0.717) is 27.5 Å². The number of benzene rings is 1. The third-order valence-corrected chi connectivity index (χ3v) is 6.57. The van der Waals surface area contributed by atoms with E-state index in [4.69, 9.17) is 21.0 Å². The zero-order valence-corrected chi connectivity index (χ0v) is 18.2. The Hall–Kier alpha value is -3.24. The van der Waals surface area contributed by atoms with Crippen molar-refractivity contribution in [2.24, 2.45) is 0 Å². The van der Waals surface area contributed by atoms with Crippen molar-refractivity contribution in [2.75, 3.05) is 23.3 Å². The number of aromatic nitrogens is 3. The Morgan fingerprint density at radius 3 is 2.78 bits per heavy atom. The van der Waals surface area contributed by atoms with E-state index in [9.17, 15) is 14.0 Å². The molecule has 1 aliphatic heterocycles. The lowest BCUT2D eigenvalue weighted by Crippen LogP contribution is -2.29. The topological polar surface area (TPSA) is 93.3 Å². The molecule has 4 heterocycles. The molecule has 4 aromatic rings. The minimum Gasteiger partial charge on any atom is -0.463 e. The molecule has 1 saturated heterocycles. The fourth-order valence-corrected chi connectivity index (χ4v) is 4.91. The summed E-state index contributed by atoms with van der Waals surface area (Å²) in [6, 6.07) is 7.29. The number of anilines is 2. The third-order valence-electron chi connectivity index (χ3n) is 5.14. The Morgan fingerprint density at radius 2 is 2.06 bits per heavy atom. The van der Waals surface area contributed by atoms with Gasteiger partial charge in [-0.1, -0.05) is 22.9 Å². The molecule has 0 aliphatic carbocycles. The molecule has 0 saturated carbocycles. The fourth-order valence-electron chi connectivity index (χ4n) is 3.62. The van der Waals surface area contributed by atoms with E-state index in [0.717, 1.165) is 37.1 Å². The number of nitrogens with one attached hydrogen (secondary N) is 1. The molecule has 11 heteroatoms. The highest BCUT2D eigenvalue weighted by atomic mass is 35.5.